The molecule has 0 aromatic carbocycles. The van der Waals surface area contributed by atoms with E-state index >= 15 is 0 Å². The topological polar surface area (TPSA) is 60.7 Å². The predicted molar refractivity (Wildman–Crippen MR) is 38.5 cm³/mol. The van der Waals surface area contributed by atoms with Crippen molar-refractivity contribution in [1.29, 1.82) is 0 Å². The van der Waals surface area contributed by atoms with Crippen molar-refractivity contribution in [1.82, 2.24) is 0 Å². The molecule has 0 aromatic heterocycles. The molecule has 0 spiro atoms. The molecule has 0 fully saturated rings. The van der Waals surface area contributed by atoms with Gasteiger partial charge >= 0.3 is 0 Å². The summed E-state index contributed by atoms with van der Waals surface area (Å²) >= 11 is 0. The van der Waals surface area contributed by atoms with Gasteiger partial charge < -0.3 is 15.3 Å². The zero-order valence-electron chi connectivity index (χ0n) is 6.28. The molecule has 1 atom stereocenters. The van der Waals surface area contributed by atoms with Crippen LogP contribution in [-0.4, -0.2) is 33.6 Å². The van der Waals surface area contributed by atoms with Gasteiger partial charge in [0.15, 0.2) is 0 Å². The van der Waals surface area contributed by atoms with E-state index in [-0.39, 0.29) is 6.61 Å². The average molecular weight is 146 g/mol. The molecule has 0 amide bonds. The van der Waals surface area contributed by atoms with Gasteiger partial charge in [0.25, 0.3) is 0 Å². The second kappa shape index (κ2) is 3.71. The Balaban J connectivity index is 3.75. The summed E-state index contributed by atoms with van der Waals surface area (Å²) in [6, 6.07) is 0. The van der Waals surface area contributed by atoms with Crippen LogP contribution in [0, 0.1) is 0 Å². The molecule has 0 aliphatic carbocycles. The van der Waals surface area contributed by atoms with Crippen LogP contribution >= 0.6 is 0 Å². The quantitative estimate of drug-likeness (QED) is 0.478. The normalized spacial score (nSPS) is 16.1. The Labute approximate surface area is 60.6 Å². The molecule has 3 heteroatoms. The minimum Gasteiger partial charge on any atom is -0.393 e. The highest BCUT2D eigenvalue weighted by molar-refractivity contribution is 4.98. The Kier molecular flexibility index (Phi) is 3.57. The van der Waals surface area contributed by atoms with Crippen molar-refractivity contribution in [2.24, 2.45) is 0 Å². The van der Waals surface area contributed by atoms with Gasteiger partial charge in [0.2, 0.25) is 0 Å². The molecule has 0 saturated heterocycles. The van der Waals surface area contributed by atoms with Crippen LogP contribution in [0.25, 0.3) is 0 Å². The van der Waals surface area contributed by atoms with Crippen LogP contribution in [0.1, 0.15) is 13.8 Å². The van der Waals surface area contributed by atoms with Crippen LogP contribution in [0.5, 0.6) is 0 Å². The van der Waals surface area contributed by atoms with Crippen LogP contribution in [0.2, 0.25) is 0 Å². The molecule has 0 aliphatic heterocycles. The summed E-state index contributed by atoms with van der Waals surface area (Å²) < 4.78 is 0. The van der Waals surface area contributed by atoms with Crippen molar-refractivity contribution in [3.05, 3.63) is 12.2 Å². The molecule has 3 N–H and O–H groups in total. The number of hydrogen-bond acceptors (Lipinski definition) is 3. The fourth-order valence-electron chi connectivity index (χ4n) is 0.407. The third-order valence-electron chi connectivity index (χ3n) is 0.913. The second-order valence-corrected chi connectivity index (χ2v) is 2.76. The molecule has 60 valence electrons. The highest BCUT2D eigenvalue weighted by atomic mass is 16.3. The Bertz CT molecular complexity index is 113. The highest BCUT2D eigenvalue weighted by Crippen LogP contribution is 2.02. The van der Waals surface area contributed by atoms with E-state index in [1.54, 1.807) is 13.8 Å². The summed E-state index contributed by atoms with van der Waals surface area (Å²) in [4.78, 5) is 0. The maximum atomic E-state index is 9.08. The van der Waals surface area contributed by atoms with E-state index in [2.05, 4.69) is 0 Å². The Hall–Kier alpha value is -0.380. The first-order chi connectivity index (χ1) is 4.45. The first-order valence-electron chi connectivity index (χ1n) is 3.16. The van der Waals surface area contributed by atoms with Gasteiger partial charge in [-0.1, -0.05) is 12.2 Å². The molecule has 0 radical (unpaired) electrons. The minimum absolute atomic E-state index is 0.313. The average Bonchev–Trinajstić information content (AvgIpc) is 1.81. The molecule has 0 rings (SSSR count). The number of rotatable bonds is 3. The van der Waals surface area contributed by atoms with Gasteiger partial charge in [-0.15, -0.1) is 0 Å². The number of aliphatic hydroxyl groups excluding tert-OH is 2. The van der Waals surface area contributed by atoms with Gasteiger partial charge in [-0.2, -0.15) is 0 Å². The fraction of sp³-hybridized carbons (Fsp3) is 0.714. The SMILES string of the molecule is CC(C)(O)/C=C/C(O)CO. The molecule has 3 nitrogen and oxygen atoms in total. The van der Waals surface area contributed by atoms with Crippen molar-refractivity contribution in [2.75, 3.05) is 6.61 Å². The van der Waals surface area contributed by atoms with E-state index < -0.39 is 11.7 Å². The van der Waals surface area contributed by atoms with Gasteiger partial charge in [-0.05, 0) is 13.8 Å². The Morgan fingerprint density at radius 2 is 2.00 bits per heavy atom. The lowest BCUT2D eigenvalue weighted by Crippen LogP contribution is -2.16. The summed E-state index contributed by atoms with van der Waals surface area (Å²) in [7, 11) is 0. The van der Waals surface area contributed by atoms with Crippen LogP contribution < -0.4 is 0 Å². The molecular formula is C7H14O3. The Morgan fingerprint density at radius 1 is 1.50 bits per heavy atom. The van der Waals surface area contributed by atoms with Crippen molar-refractivity contribution in [2.45, 2.75) is 25.6 Å². The summed E-state index contributed by atoms with van der Waals surface area (Å²) in [6.45, 7) is 2.87. The first kappa shape index (κ1) is 9.62. The van der Waals surface area contributed by atoms with Crippen molar-refractivity contribution < 1.29 is 15.3 Å². The monoisotopic (exact) mass is 146 g/mol. The predicted octanol–water partition coefficient (Wildman–Crippen LogP) is -0.333. The van der Waals surface area contributed by atoms with Gasteiger partial charge in [0.1, 0.15) is 0 Å². The molecular weight excluding hydrogens is 132 g/mol. The lowest BCUT2D eigenvalue weighted by atomic mass is 10.1. The van der Waals surface area contributed by atoms with Crippen molar-refractivity contribution in [3.8, 4) is 0 Å². The van der Waals surface area contributed by atoms with Gasteiger partial charge in [-0.3, -0.25) is 0 Å². The molecule has 0 saturated carbocycles. The second-order valence-electron chi connectivity index (χ2n) is 2.76. The highest BCUT2D eigenvalue weighted by Gasteiger charge is 2.06. The van der Waals surface area contributed by atoms with E-state index in [1.165, 1.54) is 12.2 Å². The zero-order valence-corrected chi connectivity index (χ0v) is 6.28. The smallest absolute Gasteiger partial charge is 0.0952 e. The maximum Gasteiger partial charge on any atom is 0.0952 e. The molecule has 0 aromatic rings. The maximum absolute atomic E-state index is 9.08. The van der Waals surface area contributed by atoms with E-state index in [0.717, 1.165) is 0 Å². The molecule has 10 heavy (non-hydrogen) atoms. The van der Waals surface area contributed by atoms with Crippen LogP contribution in [0.15, 0.2) is 12.2 Å². The largest absolute Gasteiger partial charge is 0.393 e. The third-order valence-corrected chi connectivity index (χ3v) is 0.913. The summed E-state index contributed by atoms with van der Waals surface area (Å²) in [5, 5.41) is 26.2. The molecule has 1 unspecified atom stereocenters. The fourth-order valence-corrected chi connectivity index (χ4v) is 0.407. The van der Waals surface area contributed by atoms with E-state index in [4.69, 9.17) is 15.3 Å². The molecule has 0 aliphatic rings. The standard InChI is InChI=1S/C7H14O3/c1-7(2,10)4-3-6(9)5-8/h3-4,6,8-10H,5H2,1-2H3/b4-3+. The van der Waals surface area contributed by atoms with E-state index in [1.807, 2.05) is 0 Å². The van der Waals surface area contributed by atoms with E-state index in [9.17, 15) is 0 Å². The number of hydrogen-bond donors (Lipinski definition) is 3. The summed E-state index contributed by atoms with van der Waals surface area (Å²) in [6.07, 6.45) is 1.93. The lowest BCUT2D eigenvalue weighted by molar-refractivity contribution is 0.117. The zero-order chi connectivity index (χ0) is 8.20. The van der Waals surface area contributed by atoms with Crippen LogP contribution in [-0.2, 0) is 0 Å². The van der Waals surface area contributed by atoms with Crippen molar-refractivity contribution in [3.63, 3.8) is 0 Å². The minimum atomic E-state index is -0.920. The van der Waals surface area contributed by atoms with Gasteiger partial charge in [0.05, 0.1) is 18.3 Å². The Morgan fingerprint density at radius 3 is 2.30 bits per heavy atom. The molecule has 0 bridgehead atoms. The van der Waals surface area contributed by atoms with Crippen molar-refractivity contribution >= 4 is 0 Å². The lowest BCUT2D eigenvalue weighted by Gasteiger charge is -2.10. The number of aliphatic hydroxyl groups is 3. The first-order valence-corrected chi connectivity index (χ1v) is 3.16. The third kappa shape index (κ3) is 5.75. The van der Waals surface area contributed by atoms with Crippen LogP contribution in [0.3, 0.4) is 0 Å². The van der Waals surface area contributed by atoms with Crippen LogP contribution in [0.4, 0.5) is 0 Å². The molecule has 0 heterocycles. The van der Waals surface area contributed by atoms with Gasteiger partial charge in [0, 0.05) is 0 Å². The summed E-state index contributed by atoms with van der Waals surface area (Å²) in [5.74, 6) is 0. The summed E-state index contributed by atoms with van der Waals surface area (Å²) in [5.41, 5.74) is -0.920. The van der Waals surface area contributed by atoms with Gasteiger partial charge in [-0.25, -0.2) is 0 Å². The van der Waals surface area contributed by atoms with E-state index in [0.29, 0.717) is 0 Å².